The van der Waals surface area contributed by atoms with Gasteiger partial charge in [0.25, 0.3) is 0 Å². The Kier molecular flexibility index (Phi) is 5.94. The number of halogens is 1. The van der Waals surface area contributed by atoms with E-state index in [-0.39, 0.29) is 29.3 Å². The fourth-order valence-corrected chi connectivity index (χ4v) is 4.06. The molecule has 10 nitrogen and oxygen atoms in total. The summed E-state index contributed by atoms with van der Waals surface area (Å²) < 4.78 is 11.5. The van der Waals surface area contributed by atoms with E-state index in [1.165, 1.54) is 13.4 Å². The third-order valence-corrected chi connectivity index (χ3v) is 5.86. The molecule has 11 heteroatoms. The van der Waals surface area contributed by atoms with Crippen molar-refractivity contribution >= 4 is 44.3 Å². The summed E-state index contributed by atoms with van der Waals surface area (Å²) >= 11 is 3.47. The number of esters is 1. The van der Waals surface area contributed by atoms with Gasteiger partial charge in [0.05, 0.1) is 18.0 Å². The Morgan fingerprint density at radius 3 is 2.71 bits per heavy atom. The zero-order chi connectivity index (χ0) is 22.0. The summed E-state index contributed by atoms with van der Waals surface area (Å²) in [6.07, 6.45) is 3.89. The average molecular weight is 488 g/mol. The molecule has 31 heavy (non-hydrogen) atoms. The van der Waals surface area contributed by atoms with E-state index in [2.05, 4.69) is 30.9 Å². The number of fused-ring (bicyclic) bond motifs is 1. The van der Waals surface area contributed by atoms with Gasteiger partial charge in [-0.15, -0.1) is 0 Å². The van der Waals surface area contributed by atoms with Crippen LogP contribution in [0.25, 0.3) is 10.9 Å². The molecule has 2 aromatic heterocycles. The van der Waals surface area contributed by atoms with Gasteiger partial charge < -0.3 is 14.4 Å². The lowest BCUT2D eigenvalue weighted by molar-refractivity contribution is -0.385. The summed E-state index contributed by atoms with van der Waals surface area (Å²) in [5.74, 6) is -0.156. The third-order valence-electron chi connectivity index (χ3n) is 5.17. The zero-order valence-corrected chi connectivity index (χ0v) is 18.1. The predicted octanol–water partition coefficient (Wildman–Crippen LogP) is 3.88. The minimum atomic E-state index is -0.550. The molecule has 1 aliphatic heterocycles. The van der Waals surface area contributed by atoms with Crippen molar-refractivity contribution in [2.24, 2.45) is 5.92 Å². The first-order valence-electron chi connectivity index (χ1n) is 9.53. The lowest BCUT2D eigenvalue weighted by Gasteiger charge is -2.31. The summed E-state index contributed by atoms with van der Waals surface area (Å²) in [5, 5.41) is 12.7. The van der Waals surface area contributed by atoms with E-state index in [9.17, 15) is 14.9 Å². The van der Waals surface area contributed by atoms with Gasteiger partial charge in [-0.25, -0.2) is 4.98 Å². The van der Waals surface area contributed by atoms with Gasteiger partial charge in [0.15, 0.2) is 5.75 Å². The van der Waals surface area contributed by atoms with Gasteiger partial charge in [-0.1, -0.05) is 22.0 Å². The van der Waals surface area contributed by atoms with Crippen LogP contribution >= 0.6 is 15.9 Å². The lowest BCUT2D eigenvalue weighted by Crippen LogP contribution is -2.37. The van der Waals surface area contributed by atoms with Crippen molar-refractivity contribution < 1.29 is 19.2 Å². The van der Waals surface area contributed by atoms with Crippen LogP contribution in [0.4, 0.5) is 11.5 Å². The first-order valence-corrected chi connectivity index (χ1v) is 10.3. The predicted molar refractivity (Wildman–Crippen MR) is 115 cm³/mol. The molecule has 0 unspecified atom stereocenters. The Morgan fingerprint density at radius 1 is 1.23 bits per heavy atom. The molecule has 4 rings (SSSR count). The minimum Gasteiger partial charge on any atom is -0.469 e. The Hall–Kier alpha value is -3.34. The monoisotopic (exact) mass is 487 g/mol. The number of benzene rings is 1. The van der Waals surface area contributed by atoms with Crippen molar-refractivity contribution in [3.63, 3.8) is 0 Å². The fourth-order valence-electron chi connectivity index (χ4n) is 3.61. The molecular weight excluding hydrogens is 470 g/mol. The van der Waals surface area contributed by atoms with Crippen LogP contribution in [0.15, 0.2) is 41.3 Å². The Bertz CT molecular complexity index is 1150. The number of carbonyl (C=O) groups is 1. The lowest BCUT2D eigenvalue weighted by atomic mass is 9.97. The minimum absolute atomic E-state index is 0.160. The van der Waals surface area contributed by atoms with Gasteiger partial charge in [0, 0.05) is 29.1 Å². The summed E-state index contributed by atoms with van der Waals surface area (Å²) in [5.41, 5.74) is 0.219. The van der Waals surface area contributed by atoms with Gasteiger partial charge in [-0.05, 0) is 31.0 Å². The van der Waals surface area contributed by atoms with Crippen LogP contribution in [-0.2, 0) is 9.53 Å². The number of nitrogens with zero attached hydrogens (tertiary/aromatic N) is 5. The molecule has 0 bridgehead atoms. The number of piperidine rings is 1. The number of nitro groups is 1. The topological polar surface area (TPSA) is 121 Å². The second-order valence-corrected chi connectivity index (χ2v) is 7.79. The molecule has 0 aliphatic carbocycles. The van der Waals surface area contributed by atoms with E-state index >= 15 is 0 Å². The SMILES string of the molecule is COC(=O)C1CCN(c2ncnc(Oc3ccc(Br)c4cccnc34)c2[N+](=O)[O-])CC1. The second kappa shape index (κ2) is 8.80. The molecule has 0 atom stereocenters. The number of rotatable bonds is 5. The molecule has 0 radical (unpaired) electrons. The summed E-state index contributed by atoms with van der Waals surface area (Å²) in [7, 11) is 1.36. The van der Waals surface area contributed by atoms with Crippen molar-refractivity contribution in [1.29, 1.82) is 0 Å². The van der Waals surface area contributed by atoms with Crippen molar-refractivity contribution in [2.45, 2.75) is 12.8 Å². The van der Waals surface area contributed by atoms with Gasteiger partial charge in [0.1, 0.15) is 11.8 Å². The van der Waals surface area contributed by atoms with Gasteiger partial charge >= 0.3 is 17.5 Å². The normalized spacial score (nSPS) is 14.5. The van der Waals surface area contributed by atoms with Crippen molar-refractivity contribution in [2.75, 3.05) is 25.1 Å². The van der Waals surface area contributed by atoms with Crippen LogP contribution in [0.3, 0.4) is 0 Å². The Labute approximate surface area is 185 Å². The molecule has 3 heterocycles. The number of hydrogen-bond acceptors (Lipinski definition) is 9. The highest BCUT2D eigenvalue weighted by atomic mass is 79.9. The second-order valence-electron chi connectivity index (χ2n) is 6.94. The molecule has 1 aliphatic rings. The maximum absolute atomic E-state index is 11.9. The average Bonchev–Trinajstić information content (AvgIpc) is 2.80. The number of ether oxygens (including phenoxy) is 2. The largest absolute Gasteiger partial charge is 0.469 e. The van der Waals surface area contributed by atoms with E-state index in [0.29, 0.717) is 37.2 Å². The van der Waals surface area contributed by atoms with E-state index < -0.39 is 4.92 Å². The van der Waals surface area contributed by atoms with Crippen LogP contribution in [-0.4, -0.2) is 46.0 Å². The number of carbonyl (C=O) groups excluding carboxylic acids is 1. The van der Waals surface area contributed by atoms with E-state index in [1.807, 2.05) is 6.07 Å². The van der Waals surface area contributed by atoms with Crippen molar-refractivity contribution in [3.8, 4) is 11.6 Å². The number of methoxy groups -OCH3 is 1. The highest BCUT2D eigenvalue weighted by Gasteiger charge is 2.33. The van der Waals surface area contributed by atoms with Crippen molar-refractivity contribution in [1.82, 2.24) is 15.0 Å². The van der Waals surface area contributed by atoms with Gasteiger partial charge in [-0.2, -0.15) is 4.98 Å². The maximum atomic E-state index is 11.9. The number of aromatic nitrogens is 3. The molecule has 0 amide bonds. The molecule has 0 N–H and O–H groups in total. The van der Waals surface area contributed by atoms with Crippen LogP contribution in [0, 0.1) is 16.0 Å². The smallest absolute Gasteiger partial charge is 0.373 e. The highest BCUT2D eigenvalue weighted by molar-refractivity contribution is 9.10. The van der Waals surface area contributed by atoms with Crippen LogP contribution in [0.5, 0.6) is 11.6 Å². The van der Waals surface area contributed by atoms with E-state index in [1.54, 1.807) is 29.3 Å². The van der Waals surface area contributed by atoms with Gasteiger partial charge in [0.2, 0.25) is 5.82 Å². The molecular formula is C20H18BrN5O5. The maximum Gasteiger partial charge on any atom is 0.373 e. The Balaban J connectivity index is 1.67. The molecule has 1 saturated heterocycles. The number of hydrogen-bond donors (Lipinski definition) is 0. The Morgan fingerprint density at radius 2 is 2.00 bits per heavy atom. The molecule has 3 aromatic rings. The first kappa shape index (κ1) is 20.9. The van der Waals surface area contributed by atoms with Crippen LogP contribution in [0.2, 0.25) is 0 Å². The molecule has 1 aromatic carbocycles. The van der Waals surface area contributed by atoms with Crippen molar-refractivity contribution in [3.05, 3.63) is 51.4 Å². The summed E-state index contributed by atoms with van der Waals surface area (Å²) in [6, 6.07) is 7.11. The van der Waals surface area contributed by atoms with E-state index in [0.717, 1.165) is 9.86 Å². The number of anilines is 1. The van der Waals surface area contributed by atoms with E-state index in [4.69, 9.17) is 9.47 Å². The molecule has 0 saturated carbocycles. The third kappa shape index (κ3) is 4.13. The molecule has 1 fully saturated rings. The molecule has 160 valence electrons. The highest BCUT2D eigenvalue weighted by Crippen LogP contribution is 2.39. The quantitative estimate of drug-likeness (QED) is 0.299. The number of pyridine rings is 1. The molecule has 0 spiro atoms. The summed E-state index contributed by atoms with van der Waals surface area (Å²) in [6.45, 7) is 0.861. The fraction of sp³-hybridized carbons (Fsp3) is 0.300. The zero-order valence-electron chi connectivity index (χ0n) is 16.5. The van der Waals surface area contributed by atoms with Crippen LogP contribution in [0.1, 0.15) is 12.8 Å². The first-order chi connectivity index (χ1) is 15.0. The van der Waals surface area contributed by atoms with Crippen LogP contribution < -0.4 is 9.64 Å². The summed E-state index contributed by atoms with van der Waals surface area (Å²) in [4.78, 5) is 37.4. The standard InChI is InChI=1S/C20H18BrN5O5/c1-30-20(27)12-6-9-25(10-7-12)18-17(26(28)29)19(24-11-23-18)31-15-5-4-14(21)13-3-2-8-22-16(13)15/h2-5,8,11-12H,6-7,9-10H2,1H3. The van der Waals surface area contributed by atoms with Gasteiger partial charge in [-0.3, -0.25) is 19.9 Å².